The molecule has 2 heterocycles. The van der Waals surface area contributed by atoms with E-state index in [0.717, 1.165) is 0 Å². The van der Waals surface area contributed by atoms with Gasteiger partial charge in [-0.05, 0) is 36.4 Å². The molecule has 0 spiro atoms. The number of carboxylic acids is 1. The highest BCUT2D eigenvalue weighted by atomic mass is 16.5. The SMILES string of the molecule is COC(=O)C1=C(C(=O)OC)N(c2cccc(-c3cc(C(=O)O)c4ccccc4n3)c2)C=CC=C1. The van der Waals surface area contributed by atoms with Crippen LogP contribution in [0.4, 0.5) is 5.69 Å². The van der Waals surface area contributed by atoms with E-state index in [9.17, 15) is 19.5 Å². The molecule has 2 aromatic carbocycles. The van der Waals surface area contributed by atoms with Gasteiger partial charge in [0.25, 0.3) is 0 Å². The smallest absolute Gasteiger partial charge is 0.355 e. The number of ether oxygens (including phenoxy) is 2. The van der Waals surface area contributed by atoms with Gasteiger partial charge in [-0.3, -0.25) is 0 Å². The number of para-hydroxylation sites is 1. The molecule has 1 aromatic heterocycles. The minimum Gasteiger partial charge on any atom is -0.478 e. The Morgan fingerprint density at radius 3 is 2.41 bits per heavy atom. The molecule has 0 bridgehead atoms. The highest BCUT2D eigenvalue weighted by Crippen LogP contribution is 2.31. The summed E-state index contributed by atoms with van der Waals surface area (Å²) in [5.41, 5.74) is 2.30. The zero-order valence-electron chi connectivity index (χ0n) is 18.4. The number of anilines is 1. The predicted molar refractivity (Wildman–Crippen MR) is 126 cm³/mol. The second-order valence-electron chi connectivity index (χ2n) is 7.24. The third kappa shape index (κ3) is 4.16. The van der Waals surface area contributed by atoms with Gasteiger partial charge in [0.1, 0.15) is 5.70 Å². The summed E-state index contributed by atoms with van der Waals surface area (Å²) in [4.78, 5) is 43.1. The van der Waals surface area contributed by atoms with Crippen LogP contribution in [0.15, 0.2) is 90.3 Å². The highest BCUT2D eigenvalue weighted by molar-refractivity contribution is 6.06. The van der Waals surface area contributed by atoms with Crippen molar-refractivity contribution in [3.63, 3.8) is 0 Å². The summed E-state index contributed by atoms with van der Waals surface area (Å²) in [5.74, 6) is -2.47. The minimum absolute atomic E-state index is 0.0193. The molecule has 3 aromatic rings. The molecule has 1 aliphatic rings. The van der Waals surface area contributed by atoms with Crippen LogP contribution in [0.1, 0.15) is 10.4 Å². The van der Waals surface area contributed by atoms with Crippen LogP contribution in [0.25, 0.3) is 22.2 Å². The van der Waals surface area contributed by atoms with Crippen molar-refractivity contribution in [2.24, 2.45) is 0 Å². The normalized spacial score (nSPS) is 13.1. The summed E-state index contributed by atoms with van der Waals surface area (Å²) in [6.07, 6.45) is 6.38. The number of rotatable bonds is 5. The van der Waals surface area contributed by atoms with E-state index in [-0.39, 0.29) is 16.8 Å². The summed E-state index contributed by atoms with van der Waals surface area (Å²) >= 11 is 0. The summed E-state index contributed by atoms with van der Waals surface area (Å²) in [5, 5.41) is 10.3. The molecule has 0 radical (unpaired) electrons. The standard InChI is InChI=1S/C26H20N2O6/c1-33-25(31)19-11-5-6-13-28(23(19)26(32)34-2)17-9-7-8-16(14-17)22-15-20(24(29)30)18-10-3-4-12-21(18)27-22/h3-15H,1-2H3,(H,29,30). The van der Waals surface area contributed by atoms with Gasteiger partial charge in [0.05, 0.1) is 36.6 Å². The molecule has 8 nitrogen and oxygen atoms in total. The average molecular weight is 456 g/mol. The van der Waals surface area contributed by atoms with Crippen molar-refractivity contribution in [2.75, 3.05) is 19.1 Å². The second-order valence-corrected chi connectivity index (χ2v) is 7.24. The van der Waals surface area contributed by atoms with Crippen molar-refractivity contribution in [3.05, 3.63) is 95.9 Å². The number of carboxylic acid groups (broad SMARTS) is 1. The van der Waals surface area contributed by atoms with E-state index < -0.39 is 17.9 Å². The van der Waals surface area contributed by atoms with Crippen LogP contribution in [-0.2, 0) is 19.1 Å². The third-order valence-corrected chi connectivity index (χ3v) is 5.26. The van der Waals surface area contributed by atoms with Crippen molar-refractivity contribution in [3.8, 4) is 11.3 Å². The number of benzene rings is 2. The van der Waals surface area contributed by atoms with E-state index in [1.54, 1.807) is 66.9 Å². The first kappa shape index (κ1) is 22.5. The maximum absolute atomic E-state index is 12.7. The van der Waals surface area contributed by atoms with Gasteiger partial charge in [-0.15, -0.1) is 0 Å². The lowest BCUT2D eigenvalue weighted by Gasteiger charge is -2.23. The molecule has 0 aliphatic carbocycles. The quantitative estimate of drug-likeness (QED) is 0.573. The fourth-order valence-corrected chi connectivity index (χ4v) is 3.68. The summed E-state index contributed by atoms with van der Waals surface area (Å²) in [7, 11) is 2.45. The Hall–Kier alpha value is -4.72. The molecule has 0 saturated heterocycles. The Morgan fingerprint density at radius 2 is 1.68 bits per heavy atom. The zero-order valence-corrected chi connectivity index (χ0v) is 18.4. The molecule has 170 valence electrons. The number of hydrogen-bond donors (Lipinski definition) is 1. The Labute approximate surface area is 195 Å². The van der Waals surface area contributed by atoms with Crippen LogP contribution in [0.3, 0.4) is 0 Å². The fourth-order valence-electron chi connectivity index (χ4n) is 3.68. The van der Waals surface area contributed by atoms with Gasteiger partial charge in [0, 0.05) is 22.8 Å². The van der Waals surface area contributed by atoms with Crippen molar-refractivity contribution < 1.29 is 29.0 Å². The van der Waals surface area contributed by atoms with Gasteiger partial charge in [0.2, 0.25) is 0 Å². The number of pyridine rings is 1. The van der Waals surface area contributed by atoms with E-state index in [0.29, 0.717) is 27.8 Å². The van der Waals surface area contributed by atoms with E-state index >= 15 is 0 Å². The van der Waals surface area contributed by atoms with Gasteiger partial charge in [-0.1, -0.05) is 36.4 Å². The first-order chi connectivity index (χ1) is 16.4. The largest absolute Gasteiger partial charge is 0.478 e. The molecular weight excluding hydrogens is 436 g/mol. The molecule has 0 fully saturated rings. The first-order valence-corrected chi connectivity index (χ1v) is 10.2. The molecule has 8 heteroatoms. The first-order valence-electron chi connectivity index (χ1n) is 10.2. The molecule has 1 aliphatic heterocycles. The third-order valence-electron chi connectivity index (χ3n) is 5.26. The zero-order chi connectivity index (χ0) is 24.2. The van der Waals surface area contributed by atoms with Gasteiger partial charge < -0.3 is 19.5 Å². The number of aromatic nitrogens is 1. The van der Waals surface area contributed by atoms with Crippen molar-refractivity contribution in [2.45, 2.75) is 0 Å². The summed E-state index contributed by atoms with van der Waals surface area (Å²) in [6, 6.07) is 15.6. The monoisotopic (exact) mass is 456 g/mol. The molecular formula is C26H20N2O6. The fraction of sp³-hybridized carbons (Fsp3) is 0.0769. The number of allylic oxidation sites excluding steroid dienone is 2. The highest BCUT2D eigenvalue weighted by Gasteiger charge is 2.27. The number of fused-ring (bicyclic) bond motifs is 1. The Bertz CT molecular complexity index is 1400. The van der Waals surface area contributed by atoms with Crippen LogP contribution in [0, 0.1) is 0 Å². The number of aromatic carboxylic acids is 1. The molecule has 0 amide bonds. The van der Waals surface area contributed by atoms with Crippen molar-refractivity contribution in [1.82, 2.24) is 4.98 Å². The van der Waals surface area contributed by atoms with Crippen LogP contribution >= 0.6 is 0 Å². The Balaban J connectivity index is 1.88. The molecule has 34 heavy (non-hydrogen) atoms. The van der Waals surface area contributed by atoms with Crippen LogP contribution < -0.4 is 4.90 Å². The lowest BCUT2D eigenvalue weighted by atomic mass is 10.0. The van der Waals surface area contributed by atoms with Gasteiger partial charge in [-0.2, -0.15) is 0 Å². The lowest BCUT2D eigenvalue weighted by molar-refractivity contribution is -0.139. The van der Waals surface area contributed by atoms with E-state index in [4.69, 9.17) is 9.47 Å². The number of carbonyl (C=O) groups excluding carboxylic acids is 2. The lowest BCUT2D eigenvalue weighted by Crippen LogP contribution is -2.26. The van der Waals surface area contributed by atoms with E-state index in [1.807, 2.05) is 0 Å². The van der Waals surface area contributed by atoms with Crippen molar-refractivity contribution >= 4 is 34.5 Å². The van der Waals surface area contributed by atoms with Crippen molar-refractivity contribution in [1.29, 1.82) is 0 Å². The van der Waals surface area contributed by atoms with Gasteiger partial charge in [0.15, 0.2) is 0 Å². The topological polar surface area (TPSA) is 106 Å². The van der Waals surface area contributed by atoms with Crippen LogP contribution in [-0.4, -0.2) is 42.2 Å². The molecule has 0 atom stereocenters. The summed E-state index contributed by atoms with van der Waals surface area (Å²) in [6.45, 7) is 0. The maximum Gasteiger partial charge on any atom is 0.355 e. The molecule has 0 unspecified atom stereocenters. The number of methoxy groups -OCH3 is 2. The minimum atomic E-state index is -1.06. The van der Waals surface area contributed by atoms with Gasteiger partial charge in [-0.25, -0.2) is 19.4 Å². The second kappa shape index (κ2) is 9.41. The predicted octanol–water partition coefficient (Wildman–Crippen LogP) is 4.09. The molecule has 4 rings (SSSR count). The average Bonchev–Trinajstić information content (AvgIpc) is 3.10. The number of carbonyl (C=O) groups is 3. The van der Waals surface area contributed by atoms with E-state index in [2.05, 4.69) is 4.98 Å². The maximum atomic E-state index is 12.7. The van der Waals surface area contributed by atoms with Gasteiger partial charge >= 0.3 is 17.9 Å². The number of nitrogens with zero attached hydrogens (tertiary/aromatic N) is 2. The molecule has 0 saturated carbocycles. The Morgan fingerprint density at radius 1 is 0.912 bits per heavy atom. The molecule has 1 N–H and O–H groups in total. The van der Waals surface area contributed by atoms with Crippen LogP contribution in [0.2, 0.25) is 0 Å². The number of esters is 2. The van der Waals surface area contributed by atoms with Crippen LogP contribution in [0.5, 0.6) is 0 Å². The Kier molecular flexibility index (Phi) is 6.22. The summed E-state index contributed by atoms with van der Waals surface area (Å²) < 4.78 is 9.78. The van der Waals surface area contributed by atoms with E-state index in [1.165, 1.54) is 31.3 Å². The number of hydrogen-bond acceptors (Lipinski definition) is 7.